The topological polar surface area (TPSA) is 0 Å². The maximum absolute atomic E-state index is 2.44. The molecule has 0 fully saturated rings. The number of hydrogen-bond donors (Lipinski definition) is 0. The van der Waals surface area contributed by atoms with Crippen LogP contribution in [0.3, 0.4) is 0 Å². The zero-order chi connectivity index (χ0) is 33.0. The van der Waals surface area contributed by atoms with E-state index in [1.54, 1.807) is 0 Å². The van der Waals surface area contributed by atoms with Gasteiger partial charge in [0.05, 0.1) is 0 Å². The summed E-state index contributed by atoms with van der Waals surface area (Å²) in [4.78, 5) is 0. The van der Waals surface area contributed by atoms with Crippen molar-refractivity contribution in [1.82, 2.24) is 0 Å². The van der Waals surface area contributed by atoms with Crippen LogP contribution in [0.1, 0.15) is 11.1 Å². The molecule has 1 heteroatoms. The molecule has 0 aliphatic heterocycles. The van der Waals surface area contributed by atoms with Crippen molar-refractivity contribution in [1.29, 1.82) is 0 Å². The molecule has 1 heterocycles. The lowest BCUT2D eigenvalue weighted by atomic mass is 9.86. The van der Waals surface area contributed by atoms with Gasteiger partial charge in [0.1, 0.15) is 0 Å². The Bertz CT molecular complexity index is 2880. The van der Waals surface area contributed by atoms with Crippen LogP contribution in [-0.2, 0) is 6.42 Å². The van der Waals surface area contributed by atoms with E-state index >= 15 is 0 Å². The average Bonchev–Trinajstić information content (AvgIpc) is 3.58. The SMILES string of the molecule is c1ccc(-c2ccc(Cc3cccc4c5ccccc5c5cc(-c6cccc7c6sc6ccccc67)ccc5c34)c(-c3ccccc3)c2)cc1. The van der Waals surface area contributed by atoms with Crippen LogP contribution >= 0.6 is 11.3 Å². The standard InChI is InChI=1S/C49H32S/c1-3-13-32(14-4-1)34-25-26-35(45(30-34)33-15-5-2-6-16-33)29-37-17-11-22-42-39-18-7-8-19-40(39)46-31-36(27-28-43(46)48(37)42)38-21-12-23-44-41-20-9-10-24-47(41)50-49(38)44/h1-28,30-31H,29H2. The van der Waals surface area contributed by atoms with Gasteiger partial charge in [0.2, 0.25) is 0 Å². The Kier molecular flexibility index (Phi) is 6.85. The maximum Gasteiger partial charge on any atom is 0.0433 e. The normalized spacial score (nSPS) is 11.7. The summed E-state index contributed by atoms with van der Waals surface area (Å²) in [7, 11) is 0. The maximum atomic E-state index is 2.44. The molecule has 234 valence electrons. The van der Waals surface area contributed by atoms with Gasteiger partial charge in [-0.3, -0.25) is 0 Å². The van der Waals surface area contributed by atoms with Crippen LogP contribution in [0.2, 0.25) is 0 Å². The third kappa shape index (κ3) is 4.74. The Morgan fingerprint density at radius 2 is 0.940 bits per heavy atom. The molecule has 0 saturated heterocycles. The lowest BCUT2D eigenvalue weighted by molar-refractivity contribution is 1.22. The van der Waals surface area contributed by atoms with Crippen molar-refractivity contribution < 1.29 is 0 Å². The van der Waals surface area contributed by atoms with Crippen molar-refractivity contribution in [3.63, 3.8) is 0 Å². The molecule has 0 unspecified atom stereocenters. The Hall–Kier alpha value is -6.02. The second-order valence-electron chi connectivity index (χ2n) is 13.2. The van der Waals surface area contributed by atoms with Gasteiger partial charge in [-0.25, -0.2) is 0 Å². The molecule has 0 N–H and O–H groups in total. The number of thiophene rings is 1. The molecule has 1 aromatic heterocycles. The van der Waals surface area contributed by atoms with E-state index in [1.165, 1.54) is 97.0 Å². The van der Waals surface area contributed by atoms with Crippen molar-refractivity contribution in [3.05, 3.63) is 193 Å². The molecule has 50 heavy (non-hydrogen) atoms. The highest BCUT2D eigenvalue weighted by Gasteiger charge is 2.17. The van der Waals surface area contributed by atoms with Crippen molar-refractivity contribution in [2.75, 3.05) is 0 Å². The van der Waals surface area contributed by atoms with Crippen molar-refractivity contribution in [2.24, 2.45) is 0 Å². The first-order chi connectivity index (χ1) is 24.8. The largest absolute Gasteiger partial charge is 0.135 e. The van der Waals surface area contributed by atoms with Crippen molar-refractivity contribution in [3.8, 4) is 33.4 Å². The van der Waals surface area contributed by atoms with E-state index in [0.717, 1.165) is 6.42 Å². The first kappa shape index (κ1) is 28.9. The molecule has 0 radical (unpaired) electrons. The molecule has 0 aliphatic rings. The summed E-state index contributed by atoms with van der Waals surface area (Å²) in [5.74, 6) is 0. The molecule has 0 spiro atoms. The van der Waals surface area contributed by atoms with Gasteiger partial charge in [-0.1, -0.05) is 164 Å². The molecule has 10 rings (SSSR count). The van der Waals surface area contributed by atoms with Gasteiger partial charge < -0.3 is 0 Å². The molecule has 0 atom stereocenters. The molecule has 0 aliphatic carbocycles. The first-order valence-electron chi connectivity index (χ1n) is 17.3. The minimum atomic E-state index is 0.840. The molecule has 0 saturated carbocycles. The van der Waals surface area contributed by atoms with Crippen LogP contribution in [0.15, 0.2) is 182 Å². The van der Waals surface area contributed by atoms with Gasteiger partial charge in [0.15, 0.2) is 0 Å². The van der Waals surface area contributed by atoms with Gasteiger partial charge >= 0.3 is 0 Å². The van der Waals surface area contributed by atoms with Crippen molar-refractivity contribution in [2.45, 2.75) is 6.42 Å². The van der Waals surface area contributed by atoms with Crippen LogP contribution in [0.4, 0.5) is 0 Å². The van der Waals surface area contributed by atoms with E-state index in [1.807, 2.05) is 11.3 Å². The van der Waals surface area contributed by atoms with E-state index in [0.29, 0.717) is 0 Å². The summed E-state index contributed by atoms with van der Waals surface area (Å²) in [5, 5.41) is 10.5. The molecule has 9 aromatic carbocycles. The van der Waals surface area contributed by atoms with Gasteiger partial charge in [-0.2, -0.15) is 0 Å². The lowest BCUT2D eigenvalue weighted by Crippen LogP contribution is -1.96. The number of fused-ring (bicyclic) bond motifs is 9. The Morgan fingerprint density at radius 1 is 0.320 bits per heavy atom. The van der Waals surface area contributed by atoms with Crippen LogP contribution < -0.4 is 0 Å². The third-order valence-electron chi connectivity index (χ3n) is 10.3. The second kappa shape index (κ2) is 11.8. The minimum Gasteiger partial charge on any atom is -0.135 e. The Labute approximate surface area is 295 Å². The van der Waals surface area contributed by atoms with E-state index in [2.05, 4.69) is 182 Å². The minimum absolute atomic E-state index is 0.840. The molecule has 0 bridgehead atoms. The smallest absolute Gasteiger partial charge is 0.0433 e. The fraction of sp³-hybridized carbons (Fsp3) is 0.0204. The van der Waals surface area contributed by atoms with E-state index in [4.69, 9.17) is 0 Å². The van der Waals surface area contributed by atoms with Crippen LogP contribution in [0, 0.1) is 0 Å². The third-order valence-corrected chi connectivity index (χ3v) is 11.6. The molecular weight excluding hydrogens is 621 g/mol. The highest BCUT2D eigenvalue weighted by Crippen LogP contribution is 2.43. The van der Waals surface area contributed by atoms with Crippen LogP contribution in [-0.4, -0.2) is 0 Å². The van der Waals surface area contributed by atoms with Gasteiger partial charge in [0.25, 0.3) is 0 Å². The fourth-order valence-electron chi connectivity index (χ4n) is 8.00. The van der Waals surface area contributed by atoms with E-state index < -0.39 is 0 Å². The highest BCUT2D eigenvalue weighted by molar-refractivity contribution is 7.26. The Morgan fingerprint density at radius 3 is 1.76 bits per heavy atom. The van der Waals surface area contributed by atoms with Crippen LogP contribution in [0.25, 0.3) is 85.9 Å². The quantitative estimate of drug-likeness (QED) is 0.162. The predicted molar refractivity (Wildman–Crippen MR) is 217 cm³/mol. The summed E-state index contributed by atoms with van der Waals surface area (Å²) in [6, 6.07) is 67.1. The molecule has 10 aromatic rings. The number of hydrogen-bond acceptors (Lipinski definition) is 1. The molecule has 0 amide bonds. The van der Waals surface area contributed by atoms with E-state index in [9.17, 15) is 0 Å². The lowest BCUT2D eigenvalue weighted by Gasteiger charge is -2.17. The zero-order valence-electron chi connectivity index (χ0n) is 27.4. The Balaban J connectivity index is 1.18. The fourth-order valence-corrected chi connectivity index (χ4v) is 9.24. The second-order valence-corrected chi connectivity index (χ2v) is 14.3. The zero-order valence-corrected chi connectivity index (χ0v) is 28.3. The van der Waals surface area contributed by atoms with Gasteiger partial charge in [-0.15, -0.1) is 11.3 Å². The highest BCUT2D eigenvalue weighted by atomic mass is 32.1. The summed E-state index contributed by atoms with van der Waals surface area (Å²) in [6.07, 6.45) is 0.840. The predicted octanol–water partition coefficient (Wildman–Crippen LogP) is 14.1. The van der Waals surface area contributed by atoms with Gasteiger partial charge in [-0.05, 0) is 101 Å². The molecule has 0 nitrogen and oxygen atoms in total. The summed E-state index contributed by atoms with van der Waals surface area (Å²) >= 11 is 1.90. The van der Waals surface area contributed by atoms with Gasteiger partial charge in [0, 0.05) is 20.2 Å². The van der Waals surface area contributed by atoms with E-state index in [-0.39, 0.29) is 0 Å². The summed E-state index contributed by atoms with van der Waals surface area (Å²) < 4.78 is 2.69. The average molecular weight is 653 g/mol. The monoisotopic (exact) mass is 652 g/mol. The number of benzene rings is 9. The summed E-state index contributed by atoms with van der Waals surface area (Å²) in [6.45, 7) is 0. The molecular formula is C49H32S. The van der Waals surface area contributed by atoms with Crippen molar-refractivity contribution >= 4 is 63.8 Å². The first-order valence-corrected chi connectivity index (χ1v) is 18.1. The van der Waals surface area contributed by atoms with Crippen LogP contribution in [0.5, 0.6) is 0 Å². The summed E-state index contributed by atoms with van der Waals surface area (Å²) in [5.41, 5.74) is 10.3. The number of rotatable bonds is 5.